The molecule has 2 heterocycles. The lowest BCUT2D eigenvalue weighted by atomic mass is 9.81. The number of hydrogen-bond acceptors (Lipinski definition) is 7. The van der Waals surface area contributed by atoms with Gasteiger partial charge in [-0.05, 0) is 73.5 Å². The van der Waals surface area contributed by atoms with Crippen LogP contribution in [0, 0.1) is 11.8 Å². The van der Waals surface area contributed by atoms with Crippen molar-refractivity contribution >= 4 is 72.9 Å². The Morgan fingerprint density at radius 3 is 2.02 bits per heavy atom. The van der Waals surface area contributed by atoms with Gasteiger partial charge in [-0.3, -0.25) is 19.2 Å². The highest BCUT2D eigenvalue weighted by Gasteiger charge is 2.54. The van der Waals surface area contributed by atoms with Crippen molar-refractivity contribution in [3.63, 3.8) is 0 Å². The van der Waals surface area contributed by atoms with Crippen molar-refractivity contribution in [2.45, 2.75) is 22.5 Å². The number of carbonyl (C=O) groups excluding carboxylic acids is 5. The van der Waals surface area contributed by atoms with E-state index in [1.54, 1.807) is 6.07 Å². The second-order valence-corrected chi connectivity index (χ2v) is 12.2. The average Bonchev–Trinajstić information content (AvgIpc) is 3.56. The van der Waals surface area contributed by atoms with E-state index in [4.69, 9.17) is 20.8 Å². The summed E-state index contributed by atoms with van der Waals surface area (Å²) in [6.45, 7) is -0.570. The van der Waals surface area contributed by atoms with Gasteiger partial charge in [0.2, 0.25) is 5.76 Å². The van der Waals surface area contributed by atoms with Gasteiger partial charge in [-0.2, -0.15) is 5.01 Å². The van der Waals surface area contributed by atoms with Gasteiger partial charge in [-0.1, -0.05) is 43.5 Å². The third-order valence-electron chi connectivity index (χ3n) is 6.86. The number of ketones is 1. The number of fused-ring (bicyclic) bond motifs is 1. The number of hydrogen-bond donors (Lipinski definition) is 0. The van der Waals surface area contributed by atoms with E-state index < -0.39 is 47.9 Å². The van der Waals surface area contributed by atoms with Crippen LogP contribution in [0.25, 0.3) is 0 Å². The highest BCUT2D eigenvalue weighted by molar-refractivity contribution is 9.12. The Labute approximate surface area is 250 Å². The molecule has 3 amide bonds. The Bertz CT molecular complexity index is 1430. The van der Waals surface area contributed by atoms with Crippen LogP contribution in [0.15, 0.2) is 71.3 Å². The standard InChI is InChI=1S/C28H21Br2ClN2O7/c29-21-12-19-20(13-22(21)30)27(37)33(26(19)36)32(25(35)16-3-7-17(31)8-4-16)14-23(34)15-5-9-18(10-6-15)40-28(38)24-2-1-11-39-24/h1-11,19-22H,12-14H2/t19-,20-,21+,22+/m1/s1. The van der Waals surface area contributed by atoms with Gasteiger partial charge >= 0.3 is 5.97 Å². The lowest BCUT2D eigenvalue weighted by Gasteiger charge is -2.30. The minimum atomic E-state index is -0.701. The summed E-state index contributed by atoms with van der Waals surface area (Å²) in [5, 5.41) is 2.14. The van der Waals surface area contributed by atoms with E-state index in [1.165, 1.54) is 60.9 Å². The number of benzene rings is 2. The first-order valence-electron chi connectivity index (χ1n) is 12.3. The van der Waals surface area contributed by atoms with Gasteiger partial charge in [0.05, 0.1) is 18.1 Å². The van der Waals surface area contributed by atoms with Crippen molar-refractivity contribution in [3.8, 4) is 5.75 Å². The summed E-state index contributed by atoms with van der Waals surface area (Å²) in [5.41, 5.74) is 0.342. The second kappa shape index (κ2) is 11.7. The van der Waals surface area contributed by atoms with Gasteiger partial charge < -0.3 is 9.15 Å². The van der Waals surface area contributed by atoms with E-state index in [2.05, 4.69) is 31.9 Å². The molecular formula is C28H21Br2ClN2O7. The molecule has 12 heteroatoms. The molecule has 1 saturated carbocycles. The molecule has 1 aliphatic heterocycles. The largest absolute Gasteiger partial charge is 0.457 e. The third kappa shape index (κ3) is 5.63. The molecule has 2 aromatic carbocycles. The number of alkyl halides is 2. The Hall–Kier alpha value is -3.28. The Morgan fingerprint density at radius 2 is 1.48 bits per heavy atom. The average molecular weight is 693 g/mol. The van der Waals surface area contributed by atoms with Crippen LogP contribution in [0.5, 0.6) is 5.75 Å². The minimum Gasteiger partial charge on any atom is -0.457 e. The highest BCUT2D eigenvalue weighted by Crippen LogP contribution is 2.43. The molecule has 1 aliphatic carbocycles. The van der Waals surface area contributed by atoms with Crippen molar-refractivity contribution in [1.29, 1.82) is 0 Å². The van der Waals surface area contributed by atoms with Crippen LogP contribution in [-0.2, 0) is 9.59 Å². The number of halogens is 3. The predicted octanol–water partition coefficient (Wildman–Crippen LogP) is 5.31. The lowest BCUT2D eigenvalue weighted by molar-refractivity contribution is -0.154. The molecule has 1 aromatic heterocycles. The van der Waals surface area contributed by atoms with Gasteiger partial charge in [-0.25, -0.2) is 9.80 Å². The fourth-order valence-electron chi connectivity index (χ4n) is 4.78. The van der Waals surface area contributed by atoms with Crippen molar-refractivity contribution < 1.29 is 33.1 Å². The molecule has 0 spiro atoms. The zero-order valence-electron chi connectivity index (χ0n) is 20.7. The number of Topliss-reactive ketones (excluding diaryl/α,β-unsaturated/α-hetero) is 1. The summed E-state index contributed by atoms with van der Waals surface area (Å²) >= 11 is 13.1. The maximum Gasteiger partial charge on any atom is 0.379 e. The molecule has 4 atom stereocenters. The smallest absolute Gasteiger partial charge is 0.379 e. The van der Waals surface area contributed by atoms with E-state index in [-0.39, 0.29) is 32.3 Å². The van der Waals surface area contributed by atoms with E-state index >= 15 is 0 Å². The van der Waals surface area contributed by atoms with Crippen LogP contribution in [0.2, 0.25) is 5.02 Å². The molecular weight excluding hydrogens is 672 g/mol. The highest BCUT2D eigenvalue weighted by atomic mass is 79.9. The van der Waals surface area contributed by atoms with Crippen LogP contribution in [0.4, 0.5) is 0 Å². The zero-order valence-corrected chi connectivity index (χ0v) is 24.6. The molecule has 206 valence electrons. The maximum atomic E-state index is 13.6. The fraction of sp³-hybridized carbons (Fsp3) is 0.250. The topological polar surface area (TPSA) is 114 Å². The molecule has 9 nitrogen and oxygen atoms in total. The van der Waals surface area contributed by atoms with Gasteiger partial charge in [0.1, 0.15) is 12.3 Å². The quantitative estimate of drug-likeness (QED) is 0.108. The SMILES string of the molecule is O=C(CN(C(=O)c1ccc(Cl)cc1)N1C(=O)[C@@H]2C[C@H](Br)[C@@H](Br)C[C@H]2C1=O)c1ccc(OC(=O)c2ccco2)cc1. The van der Waals surface area contributed by atoms with Gasteiger partial charge in [0, 0.05) is 25.8 Å². The molecule has 0 unspecified atom stereocenters. The maximum absolute atomic E-state index is 13.6. The molecule has 2 fully saturated rings. The Balaban J connectivity index is 1.39. The van der Waals surface area contributed by atoms with Crippen LogP contribution in [-0.4, -0.2) is 55.7 Å². The molecule has 40 heavy (non-hydrogen) atoms. The number of rotatable bonds is 7. The summed E-state index contributed by atoms with van der Waals surface area (Å²) in [5.74, 6) is -3.98. The summed E-state index contributed by atoms with van der Waals surface area (Å²) in [4.78, 5) is 66.0. The van der Waals surface area contributed by atoms with Crippen molar-refractivity contribution in [1.82, 2.24) is 10.0 Å². The molecule has 5 rings (SSSR count). The summed E-state index contributed by atoms with van der Waals surface area (Å²) in [7, 11) is 0. The van der Waals surface area contributed by atoms with Crippen molar-refractivity contribution in [2.75, 3.05) is 6.54 Å². The third-order valence-corrected chi connectivity index (χ3v) is 9.84. The second-order valence-electron chi connectivity index (χ2n) is 9.39. The number of carbonyl (C=O) groups is 5. The fourth-order valence-corrected chi connectivity index (χ4v) is 6.14. The zero-order chi connectivity index (χ0) is 28.6. The van der Waals surface area contributed by atoms with Crippen molar-refractivity contribution in [2.24, 2.45) is 11.8 Å². The molecule has 0 radical (unpaired) electrons. The van der Waals surface area contributed by atoms with E-state index in [9.17, 15) is 24.0 Å². The lowest BCUT2D eigenvalue weighted by Crippen LogP contribution is -2.52. The first-order chi connectivity index (χ1) is 19.1. The van der Waals surface area contributed by atoms with Crippen LogP contribution < -0.4 is 4.74 Å². The van der Waals surface area contributed by atoms with E-state index in [0.29, 0.717) is 17.9 Å². The molecule has 0 bridgehead atoms. The summed E-state index contributed by atoms with van der Waals surface area (Å²) < 4.78 is 10.2. The normalized spacial score (nSPS) is 22.1. The summed E-state index contributed by atoms with van der Waals surface area (Å²) in [6, 6.07) is 14.7. The number of nitrogens with zero attached hydrogens (tertiary/aromatic N) is 2. The number of imide groups is 1. The number of furan rings is 1. The number of amides is 3. The molecule has 0 N–H and O–H groups in total. The van der Waals surface area contributed by atoms with Crippen LogP contribution in [0.3, 0.4) is 0 Å². The van der Waals surface area contributed by atoms with Gasteiger partial charge in [0.15, 0.2) is 5.78 Å². The molecule has 3 aromatic rings. The number of ether oxygens (including phenoxy) is 1. The van der Waals surface area contributed by atoms with E-state index in [0.717, 1.165) is 10.0 Å². The Morgan fingerprint density at radius 1 is 0.900 bits per heavy atom. The van der Waals surface area contributed by atoms with E-state index in [1.807, 2.05) is 0 Å². The first-order valence-corrected chi connectivity index (χ1v) is 14.5. The number of hydrazine groups is 1. The monoisotopic (exact) mass is 690 g/mol. The van der Waals surface area contributed by atoms with Crippen LogP contribution in [0.1, 0.15) is 44.1 Å². The first kappa shape index (κ1) is 28.3. The molecule has 2 aliphatic rings. The predicted molar refractivity (Wildman–Crippen MR) is 150 cm³/mol. The van der Waals surface area contributed by atoms with Gasteiger partial charge in [0.25, 0.3) is 17.7 Å². The minimum absolute atomic E-state index is 0.0205. The summed E-state index contributed by atoms with van der Waals surface area (Å²) in [6.07, 6.45) is 2.17. The van der Waals surface area contributed by atoms with Crippen LogP contribution >= 0.6 is 43.5 Å². The van der Waals surface area contributed by atoms with Gasteiger partial charge in [-0.15, -0.1) is 0 Å². The number of esters is 1. The molecule has 1 saturated heterocycles. The van der Waals surface area contributed by atoms with Crippen molar-refractivity contribution in [3.05, 3.63) is 88.8 Å². The Kier molecular flexibility index (Phi) is 8.25.